The number of aromatic nitrogens is 1. The first-order chi connectivity index (χ1) is 13.4. The molecule has 2 aromatic carbocycles. The van der Waals surface area contributed by atoms with E-state index in [0.29, 0.717) is 17.7 Å². The molecule has 0 aliphatic carbocycles. The molecule has 0 fully saturated rings. The Morgan fingerprint density at radius 3 is 2.64 bits per heavy atom. The van der Waals surface area contributed by atoms with Crippen molar-refractivity contribution in [3.05, 3.63) is 65.7 Å². The van der Waals surface area contributed by atoms with Gasteiger partial charge in [-0.25, -0.2) is 4.79 Å². The normalized spacial score (nSPS) is 11.4. The Morgan fingerprint density at radius 2 is 1.89 bits per heavy atom. The van der Waals surface area contributed by atoms with Crippen molar-refractivity contribution < 1.29 is 27.2 Å². The number of carbonyl (C=O) groups excluding carboxylic acids is 1. The predicted octanol–water partition coefficient (Wildman–Crippen LogP) is 5.98. The average Bonchev–Trinajstić information content (AvgIpc) is 3.18. The Hall–Kier alpha value is -3.09. The third kappa shape index (κ3) is 4.42. The van der Waals surface area contributed by atoms with E-state index < -0.39 is 17.7 Å². The van der Waals surface area contributed by atoms with Crippen LogP contribution in [-0.4, -0.2) is 17.7 Å². The number of benzene rings is 2. The standard InChI is InChI=1S/C21H18F3NO3/c1-2-3-11-27-20(26)17-10-5-4-9-16(17)19-13-18(25-28-19)14-7-6-8-15(12-14)21(22,23)24/h4-10,12-13H,2-3,11H2,1H3. The van der Waals surface area contributed by atoms with E-state index in [1.165, 1.54) is 18.2 Å². The van der Waals surface area contributed by atoms with E-state index in [1.807, 2.05) is 6.92 Å². The Balaban J connectivity index is 1.90. The molecule has 7 heteroatoms. The largest absolute Gasteiger partial charge is 0.462 e. The fraction of sp³-hybridized carbons (Fsp3) is 0.238. The summed E-state index contributed by atoms with van der Waals surface area (Å²) in [6, 6.07) is 13.0. The molecule has 0 unspecified atom stereocenters. The number of unbranched alkanes of at least 4 members (excludes halogenated alkanes) is 1. The SMILES string of the molecule is CCCCOC(=O)c1ccccc1-c1cc(-c2cccc(C(F)(F)F)c2)no1. The summed E-state index contributed by atoms with van der Waals surface area (Å²) in [5.41, 5.74) is 0.526. The first kappa shape index (κ1) is 19.7. The lowest BCUT2D eigenvalue weighted by Gasteiger charge is -2.07. The summed E-state index contributed by atoms with van der Waals surface area (Å²) >= 11 is 0. The Morgan fingerprint density at radius 1 is 1.11 bits per heavy atom. The number of hydrogen-bond acceptors (Lipinski definition) is 4. The number of nitrogens with zero attached hydrogens (tertiary/aromatic N) is 1. The topological polar surface area (TPSA) is 52.3 Å². The molecule has 1 aromatic heterocycles. The summed E-state index contributed by atoms with van der Waals surface area (Å²) in [4.78, 5) is 12.3. The minimum absolute atomic E-state index is 0.246. The Kier molecular flexibility index (Phi) is 5.82. The minimum Gasteiger partial charge on any atom is -0.462 e. The smallest absolute Gasteiger partial charge is 0.416 e. The quantitative estimate of drug-likeness (QED) is 0.384. The lowest BCUT2D eigenvalue weighted by molar-refractivity contribution is -0.137. The molecule has 3 aromatic rings. The van der Waals surface area contributed by atoms with E-state index in [4.69, 9.17) is 9.26 Å². The molecule has 0 saturated heterocycles. The molecule has 0 amide bonds. The van der Waals surface area contributed by atoms with Crippen LogP contribution in [0.25, 0.3) is 22.6 Å². The second kappa shape index (κ2) is 8.29. The molecule has 0 saturated carbocycles. The van der Waals surface area contributed by atoms with Crippen LogP contribution in [0.15, 0.2) is 59.1 Å². The molecule has 0 spiro atoms. The fourth-order valence-corrected chi connectivity index (χ4v) is 2.66. The maximum absolute atomic E-state index is 12.9. The zero-order valence-corrected chi connectivity index (χ0v) is 15.1. The maximum Gasteiger partial charge on any atom is 0.416 e. The molecule has 3 rings (SSSR count). The van der Waals surface area contributed by atoms with Gasteiger partial charge in [0.1, 0.15) is 5.69 Å². The van der Waals surface area contributed by atoms with E-state index in [1.54, 1.807) is 24.3 Å². The highest BCUT2D eigenvalue weighted by Gasteiger charge is 2.30. The molecule has 0 N–H and O–H groups in total. The number of halogens is 3. The summed E-state index contributed by atoms with van der Waals surface area (Å²) in [5, 5.41) is 3.87. The van der Waals surface area contributed by atoms with Crippen molar-refractivity contribution in [1.82, 2.24) is 5.16 Å². The lowest BCUT2D eigenvalue weighted by atomic mass is 10.0. The van der Waals surface area contributed by atoms with Crippen molar-refractivity contribution in [2.45, 2.75) is 25.9 Å². The molecule has 1 heterocycles. The number of rotatable bonds is 6. The monoisotopic (exact) mass is 389 g/mol. The van der Waals surface area contributed by atoms with Crippen molar-refractivity contribution >= 4 is 5.97 Å². The second-order valence-electron chi connectivity index (χ2n) is 6.19. The van der Waals surface area contributed by atoms with Gasteiger partial charge in [-0.05, 0) is 24.6 Å². The zero-order chi connectivity index (χ0) is 20.1. The van der Waals surface area contributed by atoms with Crippen LogP contribution < -0.4 is 0 Å². The van der Waals surface area contributed by atoms with Crippen LogP contribution in [-0.2, 0) is 10.9 Å². The molecule has 0 bridgehead atoms. The summed E-state index contributed by atoms with van der Waals surface area (Å²) in [6.45, 7) is 2.31. The van der Waals surface area contributed by atoms with Gasteiger partial charge in [-0.2, -0.15) is 13.2 Å². The van der Waals surface area contributed by atoms with Gasteiger partial charge in [0.25, 0.3) is 0 Å². The third-order valence-electron chi connectivity index (χ3n) is 4.14. The number of alkyl halides is 3. The number of hydrogen-bond donors (Lipinski definition) is 0. The van der Waals surface area contributed by atoms with Gasteiger partial charge in [0, 0.05) is 17.2 Å². The summed E-state index contributed by atoms with van der Waals surface area (Å²) in [5.74, 6) is -0.212. The molecule has 0 atom stereocenters. The molecular weight excluding hydrogens is 371 g/mol. The molecular formula is C21H18F3NO3. The van der Waals surface area contributed by atoms with Crippen LogP contribution >= 0.6 is 0 Å². The van der Waals surface area contributed by atoms with Gasteiger partial charge in [0.05, 0.1) is 17.7 Å². The first-order valence-corrected chi connectivity index (χ1v) is 8.81. The molecule has 0 aliphatic rings. The van der Waals surface area contributed by atoms with Crippen molar-refractivity contribution in [3.63, 3.8) is 0 Å². The predicted molar refractivity (Wildman–Crippen MR) is 97.6 cm³/mol. The molecule has 4 nitrogen and oxygen atoms in total. The van der Waals surface area contributed by atoms with Gasteiger partial charge in [-0.15, -0.1) is 0 Å². The highest BCUT2D eigenvalue weighted by atomic mass is 19.4. The minimum atomic E-state index is -4.45. The fourth-order valence-electron chi connectivity index (χ4n) is 2.66. The summed E-state index contributed by atoms with van der Waals surface area (Å²) in [7, 11) is 0. The van der Waals surface area contributed by atoms with Gasteiger partial charge in [0.2, 0.25) is 0 Å². The van der Waals surface area contributed by atoms with Crippen LogP contribution in [0.2, 0.25) is 0 Å². The van der Waals surface area contributed by atoms with Gasteiger partial charge >= 0.3 is 12.1 Å². The van der Waals surface area contributed by atoms with Gasteiger partial charge in [-0.3, -0.25) is 0 Å². The van der Waals surface area contributed by atoms with Crippen LogP contribution in [0.4, 0.5) is 13.2 Å². The third-order valence-corrected chi connectivity index (χ3v) is 4.14. The number of ether oxygens (including phenoxy) is 1. The molecule has 0 aliphatic heterocycles. The molecule has 28 heavy (non-hydrogen) atoms. The first-order valence-electron chi connectivity index (χ1n) is 8.81. The van der Waals surface area contributed by atoms with Crippen molar-refractivity contribution in [2.75, 3.05) is 6.61 Å². The van der Waals surface area contributed by atoms with Crippen molar-refractivity contribution in [3.8, 4) is 22.6 Å². The van der Waals surface area contributed by atoms with E-state index in [-0.39, 0.29) is 17.0 Å². The molecule has 0 radical (unpaired) electrons. The van der Waals surface area contributed by atoms with Gasteiger partial charge in [-0.1, -0.05) is 48.8 Å². The van der Waals surface area contributed by atoms with E-state index in [2.05, 4.69) is 5.16 Å². The maximum atomic E-state index is 12.9. The second-order valence-corrected chi connectivity index (χ2v) is 6.19. The Labute approximate surface area is 159 Å². The van der Waals surface area contributed by atoms with Crippen LogP contribution in [0.3, 0.4) is 0 Å². The average molecular weight is 389 g/mol. The van der Waals surface area contributed by atoms with Crippen LogP contribution in [0.5, 0.6) is 0 Å². The van der Waals surface area contributed by atoms with E-state index in [9.17, 15) is 18.0 Å². The number of carbonyl (C=O) groups is 1. The summed E-state index contributed by atoms with van der Waals surface area (Å²) in [6.07, 6.45) is -2.79. The highest BCUT2D eigenvalue weighted by molar-refractivity contribution is 5.96. The van der Waals surface area contributed by atoms with E-state index >= 15 is 0 Å². The van der Waals surface area contributed by atoms with Gasteiger partial charge in [0.15, 0.2) is 5.76 Å². The van der Waals surface area contributed by atoms with Crippen molar-refractivity contribution in [1.29, 1.82) is 0 Å². The Bertz CT molecular complexity index is 963. The van der Waals surface area contributed by atoms with Crippen LogP contribution in [0, 0.1) is 0 Å². The van der Waals surface area contributed by atoms with Crippen LogP contribution in [0.1, 0.15) is 35.7 Å². The lowest BCUT2D eigenvalue weighted by Crippen LogP contribution is -2.07. The highest BCUT2D eigenvalue weighted by Crippen LogP contribution is 2.33. The zero-order valence-electron chi connectivity index (χ0n) is 15.1. The summed E-state index contributed by atoms with van der Waals surface area (Å²) < 4.78 is 49.3. The van der Waals surface area contributed by atoms with Gasteiger partial charge < -0.3 is 9.26 Å². The van der Waals surface area contributed by atoms with E-state index in [0.717, 1.165) is 25.0 Å². The van der Waals surface area contributed by atoms with Crippen molar-refractivity contribution in [2.24, 2.45) is 0 Å². The number of esters is 1. The molecule has 146 valence electrons.